The maximum Gasteiger partial charge on any atom is 0.328 e. The Hall–Kier alpha value is -1.59. The van der Waals surface area contributed by atoms with Crippen LogP contribution in [0.1, 0.15) is 43.0 Å². The van der Waals surface area contributed by atoms with Crippen molar-refractivity contribution in [3.05, 3.63) is 29.3 Å². The number of carbonyl (C=O) groups excluding carboxylic acids is 1. The second-order valence-electron chi connectivity index (χ2n) is 5.19. The number of hydrogen-bond donors (Lipinski definition) is 2. The molecule has 0 aliphatic carbocycles. The van der Waals surface area contributed by atoms with Gasteiger partial charge in [0.25, 0.3) is 0 Å². The number of phenols is 1. The Balaban J connectivity index is 2.25. The summed E-state index contributed by atoms with van der Waals surface area (Å²) >= 11 is 0. The van der Waals surface area contributed by atoms with Crippen molar-refractivity contribution in [3.63, 3.8) is 0 Å². The van der Waals surface area contributed by atoms with E-state index in [4.69, 9.17) is 4.74 Å². The Labute approximate surface area is 118 Å². The van der Waals surface area contributed by atoms with Crippen LogP contribution in [0.25, 0.3) is 0 Å². The van der Waals surface area contributed by atoms with Gasteiger partial charge in [0, 0.05) is 6.54 Å². The summed E-state index contributed by atoms with van der Waals surface area (Å²) in [4.78, 5) is 14.0. The second kappa shape index (κ2) is 6.24. The van der Waals surface area contributed by atoms with Crippen LogP contribution in [0, 0.1) is 0 Å². The molecule has 1 aliphatic heterocycles. The minimum absolute atomic E-state index is 0.0884. The van der Waals surface area contributed by atoms with Crippen molar-refractivity contribution in [1.29, 1.82) is 0 Å². The van der Waals surface area contributed by atoms with E-state index in [0.29, 0.717) is 24.3 Å². The average Bonchev–Trinajstić information content (AvgIpc) is 2.40. The molecule has 0 radical (unpaired) electrons. The molecule has 20 heavy (non-hydrogen) atoms. The van der Waals surface area contributed by atoms with Crippen molar-refractivity contribution in [2.45, 2.75) is 31.9 Å². The molecule has 2 rings (SSSR count). The number of esters is 1. The number of unbranched alkanes of at least 4 members (excludes halogenated alkanes) is 1. The van der Waals surface area contributed by atoms with Gasteiger partial charge in [-0.05, 0) is 36.7 Å². The summed E-state index contributed by atoms with van der Waals surface area (Å²) in [6, 6.07) is 4.19. The number of carbonyl (C=O) groups is 1. The van der Waals surface area contributed by atoms with E-state index in [9.17, 15) is 15.0 Å². The fraction of sp³-hybridized carbons (Fsp3) is 0.533. The molecule has 0 saturated heterocycles. The van der Waals surface area contributed by atoms with Gasteiger partial charge in [0.1, 0.15) is 11.8 Å². The third-order valence-corrected chi connectivity index (χ3v) is 3.59. The molecule has 0 spiro atoms. The summed E-state index contributed by atoms with van der Waals surface area (Å²) in [6.07, 6.45) is 1.10. The van der Waals surface area contributed by atoms with E-state index in [2.05, 4.69) is 0 Å². The zero-order valence-electron chi connectivity index (χ0n) is 11.9. The van der Waals surface area contributed by atoms with Crippen LogP contribution in [0.15, 0.2) is 18.2 Å². The van der Waals surface area contributed by atoms with Gasteiger partial charge < -0.3 is 14.9 Å². The summed E-state index contributed by atoms with van der Waals surface area (Å²) in [6.45, 7) is 2.79. The lowest BCUT2D eigenvalue weighted by molar-refractivity contribution is -0.151. The van der Waals surface area contributed by atoms with Gasteiger partial charge in [-0.3, -0.25) is 4.90 Å². The summed E-state index contributed by atoms with van der Waals surface area (Å²) in [5, 5.41) is 19.6. The van der Waals surface area contributed by atoms with Crippen molar-refractivity contribution in [2.24, 2.45) is 0 Å². The van der Waals surface area contributed by atoms with Gasteiger partial charge in [-0.2, -0.15) is 0 Å². The van der Waals surface area contributed by atoms with E-state index in [1.165, 1.54) is 12.1 Å². The Bertz CT molecular complexity index is 489. The molecule has 0 amide bonds. The third kappa shape index (κ3) is 2.94. The molecule has 0 unspecified atom stereocenters. The number of hydrogen-bond acceptors (Lipinski definition) is 5. The van der Waals surface area contributed by atoms with Crippen LogP contribution in [0.4, 0.5) is 0 Å². The predicted octanol–water partition coefficient (Wildman–Crippen LogP) is 1.76. The number of aliphatic hydroxyl groups excluding tert-OH is 1. The molecule has 5 heteroatoms. The van der Waals surface area contributed by atoms with Crippen molar-refractivity contribution < 1.29 is 19.7 Å². The molecule has 5 nitrogen and oxygen atoms in total. The quantitative estimate of drug-likeness (QED) is 0.649. The number of nitrogens with zero attached hydrogens (tertiary/aromatic N) is 1. The smallest absolute Gasteiger partial charge is 0.328 e. The molecule has 2 N–H and O–H groups in total. The zero-order chi connectivity index (χ0) is 14.7. The number of aliphatic hydroxyl groups is 1. The molecule has 2 atom stereocenters. The SMILES string of the molecule is CCCCOC(=O)[C@H]1c2ccc(O)cc2[C@H](O)CN1C. The minimum Gasteiger partial charge on any atom is -0.508 e. The predicted molar refractivity (Wildman–Crippen MR) is 74.3 cm³/mol. The van der Waals surface area contributed by atoms with Crippen molar-refractivity contribution in [3.8, 4) is 5.75 Å². The van der Waals surface area contributed by atoms with Gasteiger partial charge >= 0.3 is 5.97 Å². The number of fused-ring (bicyclic) bond motifs is 1. The van der Waals surface area contributed by atoms with E-state index < -0.39 is 12.1 Å². The highest BCUT2D eigenvalue weighted by atomic mass is 16.5. The van der Waals surface area contributed by atoms with Crippen LogP contribution in [0.5, 0.6) is 5.75 Å². The van der Waals surface area contributed by atoms with Crippen molar-refractivity contribution >= 4 is 5.97 Å². The van der Waals surface area contributed by atoms with Gasteiger partial charge in [-0.25, -0.2) is 4.79 Å². The maximum atomic E-state index is 12.2. The zero-order valence-corrected chi connectivity index (χ0v) is 11.9. The number of likely N-dealkylation sites (N-methyl/N-ethyl adjacent to an activating group) is 1. The Morgan fingerprint density at radius 1 is 1.45 bits per heavy atom. The van der Waals surface area contributed by atoms with Crippen LogP contribution in [-0.2, 0) is 9.53 Å². The minimum atomic E-state index is -0.707. The lowest BCUT2D eigenvalue weighted by Crippen LogP contribution is -2.40. The molecule has 110 valence electrons. The largest absolute Gasteiger partial charge is 0.508 e. The Morgan fingerprint density at radius 2 is 2.20 bits per heavy atom. The van der Waals surface area contributed by atoms with Crippen molar-refractivity contribution in [2.75, 3.05) is 20.2 Å². The molecule has 1 aliphatic rings. The second-order valence-corrected chi connectivity index (χ2v) is 5.19. The molecular formula is C15H21NO4. The third-order valence-electron chi connectivity index (χ3n) is 3.59. The Morgan fingerprint density at radius 3 is 2.90 bits per heavy atom. The maximum absolute atomic E-state index is 12.2. The van der Waals surface area contributed by atoms with Gasteiger partial charge in [0.05, 0.1) is 12.7 Å². The fourth-order valence-corrected chi connectivity index (χ4v) is 2.52. The van der Waals surface area contributed by atoms with E-state index >= 15 is 0 Å². The molecule has 0 aromatic heterocycles. The number of phenolic OH excluding ortho intramolecular Hbond substituents is 1. The highest BCUT2D eigenvalue weighted by Crippen LogP contribution is 2.36. The summed E-state index contributed by atoms with van der Waals surface area (Å²) in [7, 11) is 1.78. The normalized spacial score (nSPS) is 22.4. The monoisotopic (exact) mass is 279 g/mol. The molecule has 1 aromatic carbocycles. The van der Waals surface area contributed by atoms with Crippen LogP contribution in [0.2, 0.25) is 0 Å². The van der Waals surface area contributed by atoms with Gasteiger partial charge in [-0.1, -0.05) is 19.4 Å². The van der Waals surface area contributed by atoms with Gasteiger partial charge in [-0.15, -0.1) is 0 Å². The van der Waals surface area contributed by atoms with Crippen molar-refractivity contribution in [1.82, 2.24) is 4.90 Å². The number of benzene rings is 1. The topological polar surface area (TPSA) is 70.0 Å². The number of ether oxygens (including phenoxy) is 1. The first-order valence-corrected chi connectivity index (χ1v) is 6.92. The number of aromatic hydroxyl groups is 1. The number of β-amino-alcohol motifs (C(OH)–C–C–N with tert-alkyl or cyclic N) is 1. The number of rotatable bonds is 4. The van der Waals surface area contributed by atoms with Gasteiger partial charge in [0.2, 0.25) is 0 Å². The highest BCUT2D eigenvalue weighted by molar-refractivity contribution is 5.78. The first-order chi connectivity index (χ1) is 9.54. The van der Waals surface area contributed by atoms with E-state index in [1.54, 1.807) is 18.0 Å². The molecule has 1 heterocycles. The van der Waals surface area contributed by atoms with E-state index in [-0.39, 0.29) is 11.7 Å². The molecule has 0 bridgehead atoms. The Kier molecular flexibility index (Phi) is 4.62. The van der Waals surface area contributed by atoms with Crippen LogP contribution in [0.3, 0.4) is 0 Å². The van der Waals surface area contributed by atoms with Crippen LogP contribution in [-0.4, -0.2) is 41.3 Å². The lowest BCUT2D eigenvalue weighted by Gasteiger charge is -2.35. The lowest BCUT2D eigenvalue weighted by atomic mass is 9.91. The molecule has 0 saturated carbocycles. The van der Waals surface area contributed by atoms with E-state index in [1.807, 2.05) is 6.92 Å². The molecule has 0 fully saturated rings. The molecule has 1 aromatic rings. The van der Waals surface area contributed by atoms with E-state index in [0.717, 1.165) is 12.8 Å². The summed E-state index contributed by atoms with van der Waals surface area (Å²) < 4.78 is 5.29. The van der Waals surface area contributed by atoms with Crippen LogP contribution < -0.4 is 0 Å². The summed E-state index contributed by atoms with van der Waals surface area (Å²) in [5.74, 6) is -0.217. The summed E-state index contributed by atoms with van der Waals surface area (Å²) in [5.41, 5.74) is 1.30. The van der Waals surface area contributed by atoms with Crippen LogP contribution >= 0.6 is 0 Å². The molecular weight excluding hydrogens is 258 g/mol. The standard InChI is InChI=1S/C15H21NO4/c1-3-4-7-20-15(19)14-11-6-5-10(17)8-12(11)13(18)9-16(14)2/h5-6,8,13-14,17-18H,3-4,7,9H2,1-2H3/t13-,14-/m1/s1. The fourth-order valence-electron chi connectivity index (χ4n) is 2.52. The van der Waals surface area contributed by atoms with Gasteiger partial charge in [0.15, 0.2) is 0 Å². The highest BCUT2D eigenvalue weighted by Gasteiger charge is 2.35. The first kappa shape index (κ1) is 14.8. The first-order valence-electron chi connectivity index (χ1n) is 6.92. The average molecular weight is 279 g/mol.